The number of carboxylic acid groups (broad SMARTS) is 1. The van der Waals surface area contributed by atoms with E-state index in [9.17, 15) is 24.9 Å². The van der Waals surface area contributed by atoms with E-state index in [2.05, 4.69) is 24.1 Å². The predicted octanol–water partition coefficient (Wildman–Crippen LogP) is 2.78. The standard InChI is InChI=1S/C38H64N2O10.CH2O2/c1-9-30(46-8)27(4)34-35(50-34)36(39-18-11-19-40-20-22-47-23-21-40)38(7,45)16-10-12-25(2)33-26(3)13-14-31(48-28(5)41)37(6,44)17-15-29(42)24-32(43)49-33;2-1-3/h10,12-14,16,26-27,29-31,33-36,39,42,44-45H,9,11,15,17-24H2,1-8H3;1H,(H,2,3)/b14-13+,16-10+,25-12+;/t26-,27+,29+,30-,31-,33+,34+,35-,36?,37+,38?;/m0./s1. The Hall–Kier alpha value is -2.69. The number of nitrogens with zero attached hydrogens (tertiary/aromatic N) is 1. The summed E-state index contributed by atoms with van der Waals surface area (Å²) in [5.74, 6) is -1.31. The first kappa shape index (κ1) is 46.5. The molecule has 0 aromatic rings. The van der Waals surface area contributed by atoms with Crippen LogP contribution in [-0.2, 0) is 38.1 Å². The first-order valence-corrected chi connectivity index (χ1v) is 18.8. The Morgan fingerprint density at radius 3 is 2.49 bits per heavy atom. The summed E-state index contributed by atoms with van der Waals surface area (Å²) in [7, 11) is 1.72. The van der Waals surface area contributed by atoms with Crippen molar-refractivity contribution in [1.29, 1.82) is 0 Å². The van der Waals surface area contributed by atoms with Crippen molar-refractivity contribution in [2.24, 2.45) is 11.8 Å². The Bertz CT molecular complexity index is 1210. The van der Waals surface area contributed by atoms with E-state index in [1.54, 1.807) is 51.3 Å². The minimum absolute atomic E-state index is 0.0518. The number of allylic oxidation sites excluding steroid dienone is 2. The second-order valence-electron chi connectivity index (χ2n) is 14.9. The fourth-order valence-electron chi connectivity index (χ4n) is 7.06. The number of carbonyl (C=O) groups is 3. The molecule has 5 N–H and O–H groups in total. The molecule has 3 aliphatic heterocycles. The predicted molar refractivity (Wildman–Crippen MR) is 199 cm³/mol. The van der Waals surface area contributed by atoms with Gasteiger partial charge >= 0.3 is 11.9 Å². The smallest absolute Gasteiger partial charge is 0.309 e. The van der Waals surface area contributed by atoms with Crippen LogP contribution < -0.4 is 5.32 Å². The largest absolute Gasteiger partial charge is 0.483 e. The number of cyclic esters (lactones) is 1. The number of carbonyl (C=O) groups excluding carboxylic acids is 2. The Labute approximate surface area is 315 Å². The molecule has 14 nitrogen and oxygen atoms in total. The highest BCUT2D eigenvalue weighted by atomic mass is 16.6. The molecule has 2 unspecified atom stereocenters. The van der Waals surface area contributed by atoms with E-state index in [0.29, 0.717) is 12.1 Å². The Kier molecular flexibility index (Phi) is 19.8. The van der Waals surface area contributed by atoms with Gasteiger partial charge in [-0.05, 0) is 71.2 Å². The maximum absolute atomic E-state index is 12.9. The molecule has 11 atom stereocenters. The van der Waals surface area contributed by atoms with Crippen molar-refractivity contribution in [3.05, 3.63) is 36.0 Å². The van der Waals surface area contributed by atoms with Crippen LogP contribution in [0.5, 0.6) is 0 Å². The summed E-state index contributed by atoms with van der Waals surface area (Å²) < 4.78 is 28.7. The van der Waals surface area contributed by atoms with Crippen molar-refractivity contribution < 1.29 is 58.5 Å². The zero-order chi connectivity index (χ0) is 39.8. The van der Waals surface area contributed by atoms with Crippen molar-refractivity contribution in [1.82, 2.24) is 10.2 Å². The minimum Gasteiger partial charge on any atom is -0.483 e. The van der Waals surface area contributed by atoms with Crippen molar-refractivity contribution in [3.8, 4) is 0 Å². The molecule has 0 aromatic carbocycles. The van der Waals surface area contributed by atoms with E-state index >= 15 is 0 Å². The summed E-state index contributed by atoms with van der Waals surface area (Å²) >= 11 is 0. The third-order valence-electron chi connectivity index (χ3n) is 10.3. The van der Waals surface area contributed by atoms with Crippen LogP contribution in [0.1, 0.15) is 80.6 Å². The van der Waals surface area contributed by atoms with E-state index < -0.39 is 41.5 Å². The number of hydrogen-bond acceptors (Lipinski definition) is 13. The van der Waals surface area contributed by atoms with Gasteiger partial charge in [0, 0.05) is 39.0 Å². The first-order valence-electron chi connectivity index (χ1n) is 18.8. The molecule has 0 saturated carbocycles. The second kappa shape index (κ2) is 22.6. The van der Waals surface area contributed by atoms with Gasteiger partial charge in [-0.3, -0.25) is 19.3 Å². The summed E-state index contributed by atoms with van der Waals surface area (Å²) in [4.78, 5) is 35.5. The fraction of sp³-hybridized carbons (Fsp3) is 0.769. The van der Waals surface area contributed by atoms with Crippen LogP contribution in [0.4, 0.5) is 0 Å². The maximum Gasteiger partial charge on any atom is 0.309 e. The van der Waals surface area contributed by atoms with Crippen molar-refractivity contribution in [2.75, 3.05) is 46.5 Å². The topological polar surface area (TPSA) is 197 Å². The molecular weight excluding hydrogens is 688 g/mol. The van der Waals surface area contributed by atoms with Crippen molar-refractivity contribution in [3.63, 3.8) is 0 Å². The van der Waals surface area contributed by atoms with E-state index in [0.717, 1.165) is 45.7 Å². The summed E-state index contributed by atoms with van der Waals surface area (Å²) in [6, 6.07) is -0.382. The van der Waals surface area contributed by atoms with Gasteiger partial charge in [-0.25, -0.2) is 0 Å². The van der Waals surface area contributed by atoms with Gasteiger partial charge < -0.3 is 49.4 Å². The zero-order valence-electron chi connectivity index (χ0n) is 32.9. The van der Waals surface area contributed by atoms with E-state index in [-0.39, 0.29) is 61.9 Å². The number of nitrogens with one attached hydrogen (secondary N) is 1. The monoisotopic (exact) mass is 754 g/mol. The van der Waals surface area contributed by atoms with Crippen LogP contribution in [-0.4, -0.2) is 144 Å². The van der Waals surface area contributed by atoms with Gasteiger partial charge in [0.05, 0.1) is 49.6 Å². The summed E-state index contributed by atoms with van der Waals surface area (Å²) in [5.41, 5.74) is -2.03. The molecule has 0 aromatic heterocycles. The van der Waals surface area contributed by atoms with Crippen LogP contribution in [0.15, 0.2) is 36.0 Å². The highest BCUT2D eigenvalue weighted by Crippen LogP contribution is 2.39. The maximum atomic E-state index is 12.9. The number of rotatable bonds is 15. The molecular formula is C39H66N2O12. The average molecular weight is 755 g/mol. The lowest BCUT2D eigenvalue weighted by Gasteiger charge is -2.32. The molecule has 0 amide bonds. The van der Waals surface area contributed by atoms with Crippen LogP contribution in [0.25, 0.3) is 0 Å². The number of esters is 2. The van der Waals surface area contributed by atoms with Gasteiger partial charge in [-0.2, -0.15) is 0 Å². The number of morpholine rings is 1. The molecule has 14 heteroatoms. The molecule has 2 fully saturated rings. The third-order valence-corrected chi connectivity index (χ3v) is 10.3. The van der Waals surface area contributed by atoms with Crippen LogP contribution >= 0.6 is 0 Å². The second-order valence-corrected chi connectivity index (χ2v) is 14.9. The third kappa shape index (κ3) is 15.5. The lowest BCUT2D eigenvalue weighted by Crippen LogP contribution is -2.53. The Morgan fingerprint density at radius 2 is 1.89 bits per heavy atom. The molecule has 0 radical (unpaired) electrons. The zero-order valence-corrected chi connectivity index (χ0v) is 32.9. The molecule has 3 aliphatic rings. The quantitative estimate of drug-likeness (QED) is 0.0409. The first-order chi connectivity index (χ1) is 25.0. The summed E-state index contributed by atoms with van der Waals surface area (Å²) in [5, 5.41) is 44.0. The normalized spacial score (nSPS) is 32.4. The van der Waals surface area contributed by atoms with E-state index in [1.165, 1.54) is 6.92 Å². The highest BCUT2D eigenvalue weighted by molar-refractivity contribution is 5.70. The SMILES string of the molecule is CC[C@H](OC)[C@@H](C)[C@H]1O[C@@H]1C(NCCCN1CCOCC1)C(C)(O)/C=C/C=C(\C)[C@H]1OC(=O)C[C@H](O)CC[C@@](C)(O)[C@@H](OC(C)=O)/C=C/[C@@H]1C.O=CO. The van der Waals surface area contributed by atoms with Gasteiger partial charge in [0.2, 0.25) is 0 Å². The molecule has 53 heavy (non-hydrogen) atoms. The van der Waals surface area contributed by atoms with E-state index in [1.807, 2.05) is 13.8 Å². The molecule has 2 saturated heterocycles. The molecule has 3 rings (SSSR count). The molecule has 304 valence electrons. The number of ether oxygens (including phenoxy) is 5. The summed E-state index contributed by atoms with van der Waals surface area (Å²) in [6.07, 6.45) is 7.59. The molecule has 0 spiro atoms. The van der Waals surface area contributed by atoms with Gasteiger partial charge in [0.25, 0.3) is 6.47 Å². The van der Waals surface area contributed by atoms with Crippen LogP contribution in [0, 0.1) is 11.8 Å². The molecule has 0 bridgehead atoms. The van der Waals surface area contributed by atoms with Crippen LogP contribution in [0.3, 0.4) is 0 Å². The van der Waals surface area contributed by atoms with Gasteiger partial charge in [0.1, 0.15) is 23.9 Å². The number of aliphatic hydroxyl groups is 3. The van der Waals surface area contributed by atoms with Crippen molar-refractivity contribution in [2.45, 2.75) is 134 Å². The average Bonchev–Trinajstić information content (AvgIpc) is 3.89. The molecule has 3 heterocycles. The Morgan fingerprint density at radius 1 is 1.23 bits per heavy atom. The minimum atomic E-state index is -1.45. The Balaban J connectivity index is 0.00000313. The lowest BCUT2D eigenvalue weighted by molar-refractivity contribution is -0.157. The lowest BCUT2D eigenvalue weighted by atomic mass is 9.87. The van der Waals surface area contributed by atoms with Gasteiger partial charge in [-0.15, -0.1) is 0 Å². The van der Waals surface area contributed by atoms with Gasteiger partial charge in [-0.1, -0.05) is 45.1 Å². The number of methoxy groups -OCH3 is 1. The highest BCUT2D eigenvalue weighted by Gasteiger charge is 2.54. The molecule has 0 aliphatic carbocycles. The van der Waals surface area contributed by atoms with Gasteiger partial charge in [0.15, 0.2) is 0 Å². The fourth-order valence-corrected chi connectivity index (χ4v) is 7.06. The number of hydrogen-bond donors (Lipinski definition) is 5. The number of aliphatic hydroxyl groups excluding tert-OH is 1. The van der Waals surface area contributed by atoms with E-state index in [4.69, 9.17) is 33.6 Å². The number of epoxide rings is 1. The van der Waals surface area contributed by atoms with Crippen molar-refractivity contribution >= 4 is 18.4 Å². The summed E-state index contributed by atoms with van der Waals surface area (Å²) in [6.45, 7) is 17.3. The van der Waals surface area contributed by atoms with Crippen LogP contribution in [0.2, 0.25) is 0 Å².